The van der Waals surface area contributed by atoms with Crippen LogP contribution in [0, 0.1) is 6.92 Å². The molecular formula is C17H19N3O2. The van der Waals surface area contributed by atoms with E-state index in [-0.39, 0.29) is 24.3 Å². The maximum atomic E-state index is 12.2. The molecule has 0 saturated carbocycles. The minimum atomic E-state index is -0.359. The largest absolute Gasteiger partial charge is 0.349 e. The number of amides is 2. The molecule has 0 radical (unpaired) electrons. The molecule has 1 heterocycles. The average molecular weight is 297 g/mol. The first-order valence-electron chi connectivity index (χ1n) is 7.10. The average Bonchev–Trinajstić information content (AvgIpc) is 2.49. The van der Waals surface area contributed by atoms with Crippen molar-refractivity contribution in [1.82, 2.24) is 10.3 Å². The van der Waals surface area contributed by atoms with E-state index in [4.69, 9.17) is 0 Å². The molecule has 1 atom stereocenters. The van der Waals surface area contributed by atoms with Crippen molar-refractivity contribution in [3.05, 3.63) is 59.8 Å². The third kappa shape index (κ3) is 4.41. The second kappa shape index (κ2) is 7.36. The maximum absolute atomic E-state index is 12.2. The molecule has 0 bridgehead atoms. The summed E-state index contributed by atoms with van der Waals surface area (Å²) in [5, 5.41) is 5.59. The van der Waals surface area contributed by atoms with Crippen molar-refractivity contribution in [2.24, 2.45) is 0 Å². The minimum Gasteiger partial charge on any atom is -0.349 e. The summed E-state index contributed by atoms with van der Waals surface area (Å²) in [7, 11) is 0. The Hall–Kier alpha value is -2.69. The van der Waals surface area contributed by atoms with Crippen molar-refractivity contribution in [2.75, 3.05) is 5.32 Å². The molecule has 2 aromatic rings. The summed E-state index contributed by atoms with van der Waals surface area (Å²) < 4.78 is 0. The number of carbonyl (C=O) groups excluding carboxylic acids is 2. The number of nitrogens with zero attached hydrogens (tertiary/aromatic N) is 1. The molecule has 5 nitrogen and oxygen atoms in total. The van der Waals surface area contributed by atoms with E-state index >= 15 is 0 Å². The standard InChI is InChI=1S/C17H19N3O2/c1-12-7-6-10-18-17(12)20-16(22)11-15(19-13(2)21)14-8-4-3-5-9-14/h3-10,15H,11H2,1-2H3,(H,19,21)(H,18,20,22). The lowest BCUT2D eigenvalue weighted by atomic mass is 10.0. The Morgan fingerprint density at radius 3 is 2.50 bits per heavy atom. The smallest absolute Gasteiger partial charge is 0.227 e. The van der Waals surface area contributed by atoms with Gasteiger partial charge in [-0.2, -0.15) is 0 Å². The number of pyridine rings is 1. The molecule has 0 aliphatic carbocycles. The van der Waals surface area contributed by atoms with Crippen LogP contribution in [0.25, 0.3) is 0 Å². The van der Waals surface area contributed by atoms with Gasteiger partial charge in [-0.15, -0.1) is 0 Å². The summed E-state index contributed by atoms with van der Waals surface area (Å²) in [6.07, 6.45) is 1.78. The molecule has 2 amide bonds. The van der Waals surface area contributed by atoms with Gasteiger partial charge in [0.15, 0.2) is 0 Å². The summed E-state index contributed by atoms with van der Waals surface area (Å²) in [6.45, 7) is 3.32. The number of aryl methyl sites for hydroxylation is 1. The Labute approximate surface area is 129 Å². The van der Waals surface area contributed by atoms with Gasteiger partial charge in [0.25, 0.3) is 0 Å². The van der Waals surface area contributed by atoms with E-state index in [1.54, 1.807) is 6.20 Å². The molecule has 0 aliphatic rings. The second-order valence-corrected chi connectivity index (χ2v) is 5.09. The first kappa shape index (κ1) is 15.7. The third-order valence-corrected chi connectivity index (χ3v) is 3.24. The van der Waals surface area contributed by atoms with Crippen molar-refractivity contribution >= 4 is 17.6 Å². The zero-order valence-electron chi connectivity index (χ0n) is 12.7. The Balaban J connectivity index is 2.08. The fourth-order valence-corrected chi connectivity index (χ4v) is 2.17. The van der Waals surface area contributed by atoms with Gasteiger partial charge in [0, 0.05) is 13.1 Å². The van der Waals surface area contributed by atoms with Gasteiger partial charge in [0.05, 0.1) is 12.5 Å². The van der Waals surface area contributed by atoms with Gasteiger partial charge in [0.2, 0.25) is 11.8 Å². The van der Waals surface area contributed by atoms with Gasteiger partial charge in [-0.25, -0.2) is 4.98 Å². The number of nitrogens with one attached hydrogen (secondary N) is 2. The number of anilines is 1. The van der Waals surface area contributed by atoms with Crippen LogP contribution in [-0.2, 0) is 9.59 Å². The van der Waals surface area contributed by atoms with Crippen LogP contribution >= 0.6 is 0 Å². The highest BCUT2D eigenvalue weighted by molar-refractivity contribution is 5.91. The van der Waals surface area contributed by atoms with Crippen LogP contribution in [0.5, 0.6) is 0 Å². The third-order valence-electron chi connectivity index (χ3n) is 3.24. The number of rotatable bonds is 5. The predicted molar refractivity (Wildman–Crippen MR) is 85.2 cm³/mol. The summed E-state index contributed by atoms with van der Waals surface area (Å²) in [5.41, 5.74) is 1.79. The highest BCUT2D eigenvalue weighted by Gasteiger charge is 2.17. The Morgan fingerprint density at radius 2 is 1.86 bits per heavy atom. The lowest BCUT2D eigenvalue weighted by molar-refractivity contribution is -0.120. The van der Waals surface area contributed by atoms with Crippen molar-refractivity contribution in [2.45, 2.75) is 26.3 Å². The van der Waals surface area contributed by atoms with Crippen LogP contribution in [0.15, 0.2) is 48.7 Å². The normalized spacial score (nSPS) is 11.5. The summed E-state index contributed by atoms with van der Waals surface area (Å²) >= 11 is 0. The van der Waals surface area contributed by atoms with Crippen molar-refractivity contribution in [3.63, 3.8) is 0 Å². The monoisotopic (exact) mass is 297 g/mol. The van der Waals surface area contributed by atoms with E-state index in [2.05, 4.69) is 15.6 Å². The van der Waals surface area contributed by atoms with Gasteiger partial charge in [-0.05, 0) is 24.1 Å². The van der Waals surface area contributed by atoms with Crippen molar-refractivity contribution in [3.8, 4) is 0 Å². The van der Waals surface area contributed by atoms with Crippen LogP contribution in [-0.4, -0.2) is 16.8 Å². The van der Waals surface area contributed by atoms with Crippen molar-refractivity contribution < 1.29 is 9.59 Å². The lowest BCUT2D eigenvalue weighted by Gasteiger charge is -2.18. The summed E-state index contributed by atoms with van der Waals surface area (Å²) in [6, 6.07) is 12.8. The van der Waals surface area contributed by atoms with E-state index < -0.39 is 0 Å². The van der Waals surface area contributed by atoms with E-state index in [0.717, 1.165) is 11.1 Å². The van der Waals surface area contributed by atoms with E-state index in [1.807, 2.05) is 49.4 Å². The number of benzene rings is 1. The SMILES string of the molecule is CC(=O)NC(CC(=O)Nc1ncccc1C)c1ccccc1. The minimum absolute atomic E-state index is 0.152. The molecule has 2 N–H and O–H groups in total. The van der Waals surface area contributed by atoms with Crippen LogP contribution < -0.4 is 10.6 Å². The van der Waals surface area contributed by atoms with Crippen LogP contribution in [0.4, 0.5) is 5.82 Å². The molecule has 114 valence electrons. The molecule has 22 heavy (non-hydrogen) atoms. The fraction of sp³-hybridized carbons (Fsp3) is 0.235. The predicted octanol–water partition coefficient (Wildman–Crippen LogP) is 2.60. The molecule has 5 heteroatoms. The molecule has 0 fully saturated rings. The van der Waals surface area contributed by atoms with Gasteiger partial charge >= 0.3 is 0 Å². The lowest BCUT2D eigenvalue weighted by Crippen LogP contribution is -2.30. The highest BCUT2D eigenvalue weighted by Crippen LogP contribution is 2.18. The van der Waals surface area contributed by atoms with E-state index in [9.17, 15) is 9.59 Å². The zero-order valence-corrected chi connectivity index (χ0v) is 12.7. The molecule has 0 aliphatic heterocycles. The molecule has 1 aromatic heterocycles. The number of hydrogen-bond donors (Lipinski definition) is 2. The van der Waals surface area contributed by atoms with Crippen molar-refractivity contribution in [1.29, 1.82) is 0 Å². The Kier molecular flexibility index (Phi) is 5.25. The topological polar surface area (TPSA) is 71.1 Å². The van der Waals surface area contributed by atoms with Gasteiger partial charge in [-0.1, -0.05) is 36.4 Å². The van der Waals surface area contributed by atoms with Gasteiger partial charge < -0.3 is 10.6 Å². The number of carbonyl (C=O) groups is 2. The van der Waals surface area contributed by atoms with Gasteiger partial charge in [-0.3, -0.25) is 9.59 Å². The molecule has 1 aromatic carbocycles. The molecule has 0 spiro atoms. The molecule has 1 unspecified atom stereocenters. The Bertz CT molecular complexity index is 656. The second-order valence-electron chi connectivity index (χ2n) is 5.09. The molecular weight excluding hydrogens is 278 g/mol. The van der Waals surface area contributed by atoms with Crippen LogP contribution in [0.2, 0.25) is 0 Å². The first-order chi connectivity index (χ1) is 10.6. The van der Waals surface area contributed by atoms with Crippen LogP contribution in [0.3, 0.4) is 0 Å². The van der Waals surface area contributed by atoms with Crippen LogP contribution in [0.1, 0.15) is 30.5 Å². The van der Waals surface area contributed by atoms with Gasteiger partial charge in [0.1, 0.15) is 5.82 Å². The zero-order chi connectivity index (χ0) is 15.9. The molecule has 2 rings (SSSR count). The maximum Gasteiger partial charge on any atom is 0.227 e. The summed E-state index contributed by atoms with van der Waals surface area (Å²) in [4.78, 5) is 27.7. The molecule has 0 saturated heterocycles. The number of aromatic nitrogens is 1. The van der Waals surface area contributed by atoms with E-state index in [1.165, 1.54) is 6.92 Å². The quantitative estimate of drug-likeness (QED) is 0.891. The highest BCUT2D eigenvalue weighted by atomic mass is 16.2. The van der Waals surface area contributed by atoms with E-state index in [0.29, 0.717) is 5.82 Å². The Morgan fingerprint density at radius 1 is 1.14 bits per heavy atom. The fourth-order valence-electron chi connectivity index (χ4n) is 2.17. The first-order valence-corrected chi connectivity index (χ1v) is 7.10. The summed E-state index contributed by atoms with van der Waals surface area (Å²) in [5.74, 6) is 0.183. The number of hydrogen-bond acceptors (Lipinski definition) is 3.